The molecule has 1 amide bonds. The number of rotatable bonds is 4. The number of nitrogens with zero attached hydrogens (tertiary/aromatic N) is 3. The summed E-state index contributed by atoms with van der Waals surface area (Å²) in [5.41, 5.74) is -0.484. The van der Waals surface area contributed by atoms with Crippen LogP contribution < -0.4 is 16.6 Å². The third kappa shape index (κ3) is 3.60. The molecule has 4 aromatic rings. The van der Waals surface area contributed by atoms with Gasteiger partial charge in [-0.2, -0.15) is 0 Å². The second-order valence-corrected chi connectivity index (χ2v) is 7.12. The first-order chi connectivity index (χ1) is 14.8. The molecule has 11 heteroatoms. The Bertz CT molecular complexity index is 1450. The van der Waals surface area contributed by atoms with Crippen LogP contribution in [0.4, 0.5) is 11.4 Å². The minimum atomic E-state index is -0.713. The van der Waals surface area contributed by atoms with Gasteiger partial charge >= 0.3 is 5.69 Å². The normalized spacial score (nSPS) is 10.9. The Labute approximate surface area is 178 Å². The summed E-state index contributed by atoms with van der Waals surface area (Å²) in [6, 6.07) is 11.5. The molecule has 0 radical (unpaired) electrons. The summed E-state index contributed by atoms with van der Waals surface area (Å²) < 4.78 is 2.40. The highest BCUT2D eigenvalue weighted by molar-refractivity contribution is 6.30. The van der Waals surface area contributed by atoms with Gasteiger partial charge in [0.25, 0.3) is 17.2 Å². The van der Waals surface area contributed by atoms with Gasteiger partial charge in [-0.3, -0.25) is 19.7 Å². The Morgan fingerprint density at radius 1 is 1.10 bits per heavy atom. The van der Waals surface area contributed by atoms with Crippen LogP contribution >= 0.6 is 11.6 Å². The minimum Gasteiger partial charge on any atom is -0.344 e. The number of non-ortho nitro benzene ring substituents is 1. The molecule has 0 unspecified atom stereocenters. The maximum atomic E-state index is 13.0. The van der Waals surface area contributed by atoms with E-state index < -0.39 is 22.1 Å². The van der Waals surface area contributed by atoms with E-state index in [9.17, 15) is 24.5 Å². The Balaban J connectivity index is 1.77. The summed E-state index contributed by atoms with van der Waals surface area (Å²) >= 11 is 5.87. The van der Waals surface area contributed by atoms with Crippen molar-refractivity contribution in [1.29, 1.82) is 0 Å². The minimum absolute atomic E-state index is 0.0771. The highest BCUT2D eigenvalue weighted by Crippen LogP contribution is 2.20. The van der Waals surface area contributed by atoms with Crippen molar-refractivity contribution in [2.24, 2.45) is 7.05 Å². The number of H-pyrrole nitrogens is 1. The molecule has 0 spiro atoms. The molecule has 0 bridgehead atoms. The summed E-state index contributed by atoms with van der Waals surface area (Å²) in [6.07, 6.45) is 1.43. The van der Waals surface area contributed by atoms with Gasteiger partial charge in [0.15, 0.2) is 0 Å². The van der Waals surface area contributed by atoms with Crippen molar-refractivity contribution >= 4 is 39.9 Å². The summed E-state index contributed by atoms with van der Waals surface area (Å²) in [4.78, 5) is 51.3. The van der Waals surface area contributed by atoms with E-state index in [1.807, 2.05) is 0 Å². The molecule has 0 aliphatic carbocycles. The zero-order valence-electron chi connectivity index (χ0n) is 16.0. The smallest absolute Gasteiger partial charge is 0.333 e. The van der Waals surface area contributed by atoms with E-state index in [0.29, 0.717) is 16.4 Å². The Kier molecular flexibility index (Phi) is 4.91. The van der Waals surface area contributed by atoms with Crippen LogP contribution in [0.3, 0.4) is 0 Å². The van der Waals surface area contributed by atoms with E-state index in [2.05, 4.69) is 10.3 Å². The van der Waals surface area contributed by atoms with Gasteiger partial charge in [0, 0.05) is 36.1 Å². The van der Waals surface area contributed by atoms with E-state index in [1.165, 1.54) is 47.2 Å². The molecule has 0 aliphatic heterocycles. The lowest BCUT2D eigenvalue weighted by atomic mass is 10.2. The first kappa shape index (κ1) is 20.1. The van der Waals surface area contributed by atoms with Crippen molar-refractivity contribution in [2.45, 2.75) is 0 Å². The van der Waals surface area contributed by atoms with Gasteiger partial charge in [-0.05, 0) is 36.4 Å². The van der Waals surface area contributed by atoms with Gasteiger partial charge in [0.1, 0.15) is 5.52 Å². The van der Waals surface area contributed by atoms with E-state index >= 15 is 0 Å². The number of amides is 1. The maximum Gasteiger partial charge on any atom is 0.333 e. The van der Waals surface area contributed by atoms with Crippen molar-refractivity contribution in [3.05, 3.63) is 96.3 Å². The second-order valence-electron chi connectivity index (χ2n) is 6.68. The third-order valence-electron chi connectivity index (χ3n) is 4.69. The van der Waals surface area contributed by atoms with Crippen LogP contribution in [0.5, 0.6) is 0 Å². The predicted octanol–water partition coefficient (Wildman–Crippen LogP) is 2.83. The molecule has 2 N–H and O–H groups in total. The molecule has 4 rings (SSSR count). The van der Waals surface area contributed by atoms with Crippen LogP contribution in [0.2, 0.25) is 5.02 Å². The van der Waals surface area contributed by atoms with Crippen LogP contribution in [-0.4, -0.2) is 24.9 Å². The maximum absolute atomic E-state index is 13.0. The van der Waals surface area contributed by atoms with E-state index in [4.69, 9.17) is 11.6 Å². The van der Waals surface area contributed by atoms with Crippen LogP contribution in [0.1, 0.15) is 10.4 Å². The number of carbonyl (C=O) groups is 1. The van der Waals surface area contributed by atoms with Gasteiger partial charge in [-0.15, -0.1) is 0 Å². The molecule has 2 heterocycles. The summed E-state index contributed by atoms with van der Waals surface area (Å²) in [5, 5.41) is 13.8. The number of carbonyl (C=O) groups excluding carboxylic acids is 1. The van der Waals surface area contributed by atoms with Gasteiger partial charge < -0.3 is 14.9 Å². The van der Waals surface area contributed by atoms with Crippen molar-refractivity contribution in [3.8, 4) is 5.69 Å². The molecule has 0 saturated heterocycles. The fourth-order valence-corrected chi connectivity index (χ4v) is 3.36. The van der Waals surface area contributed by atoms with Gasteiger partial charge in [0.2, 0.25) is 0 Å². The highest BCUT2D eigenvalue weighted by atomic mass is 35.5. The van der Waals surface area contributed by atoms with Crippen molar-refractivity contribution < 1.29 is 9.72 Å². The average Bonchev–Trinajstić information content (AvgIpc) is 3.06. The number of aromatic amines is 1. The number of anilines is 1. The van der Waals surface area contributed by atoms with Crippen LogP contribution in [-0.2, 0) is 7.05 Å². The van der Waals surface area contributed by atoms with E-state index in [0.717, 1.165) is 4.57 Å². The van der Waals surface area contributed by atoms with E-state index in [1.54, 1.807) is 19.2 Å². The van der Waals surface area contributed by atoms with Crippen LogP contribution in [0, 0.1) is 10.1 Å². The Morgan fingerprint density at radius 2 is 1.74 bits per heavy atom. The first-order valence-corrected chi connectivity index (χ1v) is 9.30. The molecule has 0 saturated carbocycles. The largest absolute Gasteiger partial charge is 0.344 e. The quantitative estimate of drug-likeness (QED) is 0.372. The topological polar surface area (TPSA) is 132 Å². The Morgan fingerprint density at radius 3 is 2.35 bits per heavy atom. The lowest BCUT2D eigenvalue weighted by Gasteiger charge is -2.07. The van der Waals surface area contributed by atoms with Crippen molar-refractivity contribution in [2.75, 3.05) is 5.32 Å². The molecule has 10 nitrogen and oxygen atoms in total. The monoisotopic (exact) mass is 439 g/mol. The molecule has 2 aromatic heterocycles. The number of halogens is 1. The first-order valence-electron chi connectivity index (χ1n) is 8.92. The third-order valence-corrected chi connectivity index (χ3v) is 4.94. The van der Waals surface area contributed by atoms with Crippen molar-refractivity contribution in [1.82, 2.24) is 14.1 Å². The summed E-state index contributed by atoms with van der Waals surface area (Å²) in [6.45, 7) is 0. The number of nitro groups is 1. The molecule has 0 aliphatic rings. The fourth-order valence-electron chi connectivity index (χ4n) is 3.23. The second kappa shape index (κ2) is 7.58. The van der Waals surface area contributed by atoms with E-state index in [-0.39, 0.29) is 22.3 Å². The number of aryl methyl sites for hydroxylation is 1. The number of aromatic nitrogens is 3. The standard InChI is InChI=1S/C20H14ClN5O5/c1-24-10-15(18(27)22-12-4-8-14(9-5-12)26(30)31)16-17(24)19(28)25(20(29)23-16)13-6-2-11(21)3-7-13/h2-10H,1H3,(H,22,27)(H,23,29). The summed E-state index contributed by atoms with van der Waals surface area (Å²) in [5.74, 6) is -0.584. The number of benzene rings is 2. The molecule has 2 aromatic carbocycles. The summed E-state index contributed by atoms with van der Waals surface area (Å²) in [7, 11) is 1.58. The number of hydrogen-bond donors (Lipinski definition) is 2. The average molecular weight is 440 g/mol. The Hall–Kier alpha value is -4.18. The number of fused-ring (bicyclic) bond motifs is 1. The van der Waals surface area contributed by atoms with Gasteiger partial charge in [0.05, 0.1) is 21.7 Å². The lowest BCUT2D eigenvalue weighted by Crippen LogP contribution is -2.34. The van der Waals surface area contributed by atoms with Crippen LogP contribution in [0.15, 0.2) is 64.3 Å². The van der Waals surface area contributed by atoms with Gasteiger partial charge in [-0.25, -0.2) is 9.36 Å². The zero-order chi connectivity index (χ0) is 22.3. The number of hydrogen-bond acceptors (Lipinski definition) is 5. The van der Waals surface area contributed by atoms with Crippen molar-refractivity contribution in [3.63, 3.8) is 0 Å². The number of nitrogens with one attached hydrogen (secondary N) is 2. The zero-order valence-corrected chi connectivity index (χ0v) is 16.7. The lowest BCUT2D eigenvalue weighted by molar-refractivity contribution is -0.384. The van der Waals surface area contributed by atoms with Gasteiger partial charge in [-0.1, -0.05) is 11.6 Å². The molecular formula is C20H14ClN5O5. The molecule has 156 valence electrons. The molecule has 0 atom stereocenters. The molecule has 0 fully saturated rings. The molecule has 31 heavy (non-hydrogen) atoms. The van der Waals surface area contributed by atoms with Crippen LogP contribution in [0.25, 0.3) is 16.7 Å². The predicted molar refractivity (Wildman–Crippen MR) is 115 cm³/mol. The highest BCUT2D eigenvalue weighted by Gasteiger charge is 2.20. The number of nitro benzene ring substituents is 1. The molecular weight excluding hydrogens is 426 g/mol. The fraction of sp³-hybridized carbons (Fsp3) is 0.0500. The SMILES string of the molecule is Cn1cc(C(=O)Nc2ccc([N+](=O)[O-])cc2)c2[nH]c(=O)n(-c3ccc(Cl)cc3)c(=O)c21.